The van der Waals surface area contributed by atoms with Gasteiger partial charge in [-0.15, -0.1) is 11.3 Å². The fourth-order valence-corrected chi connectivity index (χ4v) is 2.41. The summed E-state index contributed by atoms with van der Waals surface area (Å²) in [6.07, 6.45) is 0. The molecule has 1 aromatic heterocycles. The van der Waals surface area contributed by atoms with E-state index >= 15 is 0 Å². The second-order valence-corrected chi connectivity index (χ2v) is 5.56. The Morgan fingerprint density at radius 1 is 1.22 bits per heavy atom. The Hall–Kier alpha value is -2.67. The first-order valence-electron chi connectivity index (χ1n) is 6.70. The average Bonchev–Trinajstić information content (AvgIpc) is 3.07. The molecule has 1 aromatic carbocycles. The predicted octanol–water partition coefficient (Wildman–Crippen LogP) is 2.18. The van der Waals surface area contributed by atoms with Crippen molar-refractivity contribution in [2.24, 2.45) is 0 Å². The normalized spacial score (nSPS) is 10.0. The Morgan fingerprint density at radius 3 is 2.65 bits per heavy atom. The second-order valence-electron chi connectivity index (χ2n) is 4.62. The first-order chi connectivity index (χ1) is 11.0. The molecule has 2 aromatic rings. The summed E-state index contributed by atoms with van der Waals surface area (Å²) < 4.78 is 10.0. The Kier molecular flexibility index (Phi) is 5.48. The molecular weight excluding hydrogens is 318 g/mol. The highest BCUT2D eigenvalue weighted by atomic mass is 32.1. The Bertz CT molecular complexity index is 724. The highest BCUT2D eigenvalue weighted by Crippen LogP contribution is 2.19. The lowest BCUT2D eigenvalue weighted by molar-refractivity contribution is -0.123. The lowest BCUT2D eigenvalue weighted by Crippen LogP contribution is -2.33. The molecule has 0 spiro atoms. The maximum absolute atomic E-state index is 11.9. The molecular formula is C16H15NO5S. The molecule has 0 saturated carbocycles. The first kappa shape index (κ1) is 16.7. The average molecular weight is 333 g/mol. The Labute approximate surface area is 137 Å². The first-order valence-corrected chi connectivity index (χ1v) is 7.58. The molecule has 120 valence electrons. The lowest BCUT2D eigenvalue weighted by atomic mass is 10.1. The second kappa shape index (κ2) is 7.55. The summed E-state index contributed by atoms with van der Waals surface area (Å²) in [5.74, 6) is -1.31. The zero-order chi connectivity index (χ0) is 16.8. The number of imide groups is 1. The SMILES string of the molecule is COc1cc(C(=O)OCC(=O)NC(=O)c2cccs2)ccc1C. The molecule has 0 radical (unpaired) electrons. The number of aryl methyl sites for hydroxylation is 1. The molecule has 0 unspecified atom stereocenters. The molecule has 0 bridgehead atoms. The minimum atomic E-state index is -0.684. The van der Waals surface area contributed by atoms with Crippen LogP contribution >= 0.6 is 11.3 Å². The number of carbonyl (C=O) groups is 3. The number of thiophene rings is 1. The number of hydrogen-bond donors (Lipinski definition) is 1. The van der Waals surface area contributed by atoms with Crippen LogP contribution in [0, 0.1) is 6.92 Å². The number of methoxy groups -OCH3 is 1. The molecule has 0 aliphatic heterocycles. The number of nitrogens with one attached hydrogen (secondary N) is 1. The van der Waals surface area contributed by atoms with Crippen LogP contribution < -0.4 is 10.1 Å². The third-order valence-electron chi connectivity index (χ3n) is 2.98. The van der Waals surface area contributed by atoms with Crippen LogP contribution in [0.15, 0.2) is 35.7 Å². The van der Waals surface area contributed by atoms with Gasteiger partial charge in [-0.05, 0) is 36.1 Å². The molecule has 1 heterocycles. The van der Waals surface area contributed by atoms with Gasteiger partial charge in [-0.1, -0.05) is 12.1 Å². The number of esters is 1. The summed E-state index contributed by atoms with van der Waals surface area (Å²) in [4.78, 5) is 35.6. The lowest BCUT2D eigenvalue weighted by Gasteiger charge is -2.08. The van der Waals surface area contributed by atoms with E-state index in [-0.39, 0.29) is 5.56 Å². The number of amides is 2. The smallest absolute Gasteiger partial charge is 0.338 e. The van der Waals surface area contributed by atoms with Crippen molar-refractivity contribution >= 4 is 29.1 Å². The van der Waals surface area contributed by atoms with Gasteiger partial charge in [0.1, 0.15) is 5.75 Å². The van der Waals surface area contributed by atoms with E-state index in [1.807, 2.05) is 6.92 Å². The third-order valence-corrected chi connectivity index (χ3v) is 3.84. The number of benzene rings is 1. The zero-order valence-electron chi connectivity index (χ0n) is 12.6. The van der Waals surface area contributed by atoms with Gasteiger partial charge in [-0.2, -0.15) is 0 Å². The zero-order valence-corrected chi connectivity index (χ0v) is 13.4. The van der Waals surface area contributed by atoms with Crippen LogP contribution in [-0.2, 0) is 9.53 Å². The van der Waals surface area contributed by atoms with Crippen molar-refractivity contribution in [2.45, 2.75) is 6.92 Å². The fourth-order valence-electron chi connectivity index (χ4n) is 1.79. The summed E-state index contributed by atoms with van der Waals surface area (Å²) in [5.41, 5.74) is 1.15. The van der Waals surface area contributed by atoms with Crippen molar-refractivity contribution in [2.75, 3.05) is 13.7 Å². The molecule has 0 aliphatic carbocycles. The summed E-state index contributed by atoms with van der Waals surface area (Å²) >= 11 is 1.21. The molecule has 2 rings (SSSR count). The fraction of sp³-hybridized carbons (Fsp3) is 0.188. The van der Waals surface area contributed by atoms with E-state index in [0.29, 0.717) is 10.6 Å². The van der Waals surface area contributed by atoms with E-state index in [9.17, 15) is 14.4 Å². The van der Waals surface area contributed by atoms with Gasteiger partial charge in [-0.3, -0.25) is 14.9 Å². The van der Waals surface area contributed by atoms with Crippen molar-refractivity contribution in [1.82, 2.24) is 5.32 Å². The van der Waals surface area contributed by atoms with Crippen molar-refractivity contribution in [3.63, 3.8) is 0 Å². The standard InChI is InChI=1S/C16H15NO5S/c1-10-5-6-11(8-12(10)21-2)16(20)22-9-14(18)17-15(19)13-4-3-7-23-13/h3-8H,9H2,1-2H3,(H,17,18,19). The molecule has 0 saturated heterocycles. The van der Waals surface area contributed by atoms with Crippen molar-refractivity contribution in [3.8, 4) is 5.75 Å². The van der Waals surface area contributed by atoms with Crippen LogP contribution in [0.3, 0.4) is 0 Å². The van der Waals surface area contributed by atoms with E-state index < -0.39 is 24.4 Å². The van der Waals surface area contributed by atoms with Gasteiger partial charge in [0.25, 0.3) is 11.8 Å². The quantitative estimate of drug-likeness (QED) is 0.848. The number of hydrogen-bond acceptors (Lipinski definition) is 6. The number of carbonyl (C=O) groups excluding carboxylic acids is 3. The van der Waals surface area contributed by atoms with Crippen molar-refractivity contribution < 1.29 is 23.9 Å². The number of ether oxygens (including phenoxy) is 2. The van der Waals surface area contributed by atoms with Crippen LogP contribution in [0.4, 0.5) is 0 Å². The molecule has 0 atom stereocenters. The van der Waals surface area contributed by atoms with Gasteiger partial charge in [0, 0.05) is 0 Å². The topological polar surface area (TPSA) is 81.7 Å². The molecule has 7 heteroatoms. The summed E-state index contributed by atoms with van der Waals surface area (Å²) in [5, 5.41) is 3.88. The maximum Gasteiger partial charge on any atom is 0.338 e. The van der Waals surface area contributed by atoms with Crippen molar-refractivity contribution in [3.05, 3.63) is 51.7 Å². The van der Waals surface area contributed by atoms with Gasteiger partial charge in [0.2, 0.25) is 0 Å². The number of rotatable bonds is 5. The highest BCUT2D eigenvalue weighted by Gasteiger charge is 2.15. The monoisotopic (exact) mass is 333 g/mol. The van der Waals surface area contributed by atoms with E-state index in [0.717, 1.165) is 5.56 Å². The van der Waals surface area contributed by atoms with E-state index in [1.54, 1.807) is 29.6 Å². The molecule has 2 amide bonds. The van der Waals surface area contributed by atoms with Crippen molar-refractivity contribution in [1.29, 1.82) is 0 Å². The minimum absolute atomic E-state index is 0.268. The molecule has 6 nitrogen and oxygen atoms in total. The molecule has 0 aliphatic rings. The molecule has 0 fully saturated rings. The van der Waals surface area contributed by atoms with Gasteiger partial charge < -0.3 is 9.47 Å². The van der Waals surface area contributed by atoms with Crippen LogP contribution in [0.1, 0.15) is 25.6 Å². The summed E-state index contributed by atoms with van der Waals surface area (Å²) in [6, 6.07) is 8.13. The van der Waals surface area contributed by atoms with Gasteiger partial charge in [0.05, 0.1) is 17.6 Å². The summed E-state index contributed by atoms with van der Waals surface area (Å²) in [7, 11) is 1.50. The van der Waals surface area contributed by atoms with Gasteiger partial charge in [-0.25, -0.2) is 4.79 Å². The van der Waals surface area contributed by atoms with Crippen LogP contribution in [0.2, 0.25) is 0 Å². The summed E-state index contributed by atoms with van der Waals surface area (Å²) in [6.45, 7) is 1.31. The predicted molar refractivity (Wildman–Crippen MR) is 84.8 cm³/mol. The van der Waals surface area contributed by atoms with E-state index in [4.69, 9.17) is 9.47 Å². The largest absolute Gasteiger partial charge is 0.496 e. The third kappa shape index (κ3) is 4.40. The van der Waals surface area contributed by atoms with Crippen LogP contribution in [0.5, 0.6) is 5.75 Å². The van der Waals surface area contributed by atoms with Crippen LogP contribution in [0.25, 0.3) is 0 Å². The molecule has 23 heavy (non-hydrogen) atoms. The van der Waals surface area contributed by atoms with E-state index in [2.05, 4.69) is 5.32 Å². The van der Waals surface area contributed by atoms with Crippen LogP contribution in [-0.4, -0.2) is 31.5 Å². The Morgan fingerprint density at radius 2 is 2.00 bits per heavy atom. The van der Waals surface area contributed by atoms with E-state index in [1.165, 1.54) is 24.5 Å². The van der Waals surface area contributed by atoms with Gasteiger partial charge >= 0.3 is 5.97 Å². The minimum Gasteiger partial charge on any atom is -0.496 e. The Balaban J connectivity index is 1.89. The maximum atomic E-state index is 11.9. The van der Waals surface area contributed by atoms with Gasteiger partial charge in [0.15, 0.2) is 6.61 Å². The highest BCUT2D eigenvalue weighted by molar-refractivity contribution is 7.12. The molecule has 1 N–H and O–H groups in total.